The van der Waals surface area contributed by atoms with Crippen molar-refractivity contribution >= 4 is 19.8 Å². The van der Waals surface area contributed by atoms with Gasteiger partial charge in [0.05, 0.1) is 13.2 Å². The Morgan fingerprint density at radius 1 is 0.525 bits per heavy atom. The molecule has 9 nitrogen and oxygen atoms in total. The molecule has 0 aromatic carbocycles. The molecule has 10 heteroatoms. The summed E-state index contributed by atoms with van der Waals surface area (Å²) in [6.07, 6.45) is 55.2. The van der Waals surface area contributed by atoms with Gasteiger partial charge < -0.3 is 19.3 Å². The number of unbranched alkanes of at least 4 members (excludes halogenated alkanes) is 18. The van der Waals surface area contributed by atoms with Gasteiger partial charge in [-0.1, -0.05) is 170 Å². The van der Waals surface area contributed by atoms with Crippen molar-refractivity contribution in [2.75, 3.05) is 40.5 Å². The number of phosphoric acid groups is 1. The number of phosphoric ester groups is 1. The topological polar surface area (TPSA) is 112 Å². The number of ether oxygens (including phenoxy) is 2. The van der Waals surface area contributed by atoms with Crippen LogP contribution in [0.2, 0.25) is 0 Å². The summed E-state index contributed by atoms with van der Waals surface area (Å²) in [5.74, 6) is -0.844. The first-order valence-corrected chi connectivity index (χ1v) is 25.7. The molecule has 0 saturated carbocycles. The first-order valence-electron chi connectivity index (χ1n) is 24.2. The average molecular weight is 876 g/mol. The third-order valence-electron chi connectivity index (χ3n) is 10.00. The molecule has 0 radical (unpaired) electrons. The third kappa shape index (κ3) is 46.8. The zero-order valence-electron chi connectivity index (χ0n) is 39.3. The van der Waals surface area contributed by atoms with Gasteiger partial charge in [-0.05, 0) is 97.6 Å². The van der Waals surface area contributed by atoms with E-state index in [2.05, 4.69) is 86.8 Å². The second-order valence-corrected chi connectivity index (χ2v) is 17.7. The minimum Gasteiger partial charge on any atom is -0.462 e. The molecule has 2 atom stereocenters. The normalized spacial score (nSPS) is 13.9. The van der Waals surface area contributed by atoms with Crippen LogP contribution in [0.15, 0.2) is 72.9 Å². The lowest BCUT2D eigenvalue weighted by Gasteiger charge is -2.20. The second kappa shape index (κ2) is 45.5. The van der Waals surface area contributed by atoms with Crippen molar-refractivity contribution in [3.05, 3.63) is 72.9 Å². The van der Waals surface area contributed by atoms with Gasteiger partial charge in [-0.25, -0.2) is 4.57 Å². The summed E-state index contributed by atoms with van der Waals surface area (Å²) in [4.78, 5) is 37.1. The number of nitrogens with zero attached hydrogens (tertiary/aromatic N) is 1. The molecular formula is C51H90NO8P. The molecule has 2 unspecified atom stereocenters. The van der Waals surface area contributed by atoms with Gasteiger partial charge in [0.25, 0.3) is 0 Å². The molecule has 0 aliphatic heterocycles. The highest BCUT2D eigenvalue weighted by molar-refractivity contribution is 7.47. The molecule has 0 amide bonds. The summed E-state index contributed by atoms with van der Waals surface area (Å²) in [5.41, 5.74) is 0. The zero-order chi connectivity index (χ0) is 44.8. The smallest absolute Gasteiger partial charge is 0.462 e. The molecule has 0 aromatic heterocycles. The molecular weight excluding hydrogens is 786 g/mol. The summed E-state index contributed by atoms with van der Waals surface area (Å²) >= 11 is 0. The van der Waals surface area contributed by atoms with E-state index < -0.39 is 32.5 Å². The number of carbonyl (C=O) groups is 2. The molecule has 0 aliphatic rings. The van der Waals surface area contributed by atoms with Crippen molar-refractivity contribution in [3.8, 4) is 0 Å². The Balaban J connectivity index is 4.30. The number of allylic oxidation sites excluding steroid dienone is 12. The Labute approximate surface area is 374 Å². The highest BCUT2D eigenvalue weighted by atomic mass is 31.2. The quantitative estimate of drug-likeness (QED) is 0.0277. The first-order chi connectivity index (χ1) is 29.7. The van der Waals surface area contributed by atoms with Crippen molar-refractivity contribution in [2.24, 2.45) is 0 Å². The Hall–Kier alpha value is -2.55. The minimum absolute atomic E-state index is 0.00169. The number of hydrogen-bond acceptors (Lipinski definition) is 8. The van der Waals surface area contributed by atoms with Crippen molar-refractivity contribution in [1.82, 2.24) is 4.90 Å². The lowest BCUT2D eigenvalue weighted by Crippen LogP contribution is -2.29. The summed E-state index contributed by atoms with van der Waals surface area (Å²) < 4.78 is 33.5. The van der Waals surface area contributed by atoms with Gasteiger partial charge in [-0.3, -0.25) is 18.6 Å². The maximum absolute atomic E-state index is 12.7. The molecule has 0 bridgehead atoms. The second-order valence-electron chi connectivity index (χ2n) is 16.3. The SMILES string of the molecule is CC/C=C\C/C=C\C/C=C\C/C=C\C/C=C\CCCCCC(=O)OCC(COP(=O)(O)OCCN(C)C)OC(=O)CCCCCCCCCCC/C=C\CCCCCCCC. The van der Waals surface area contributed by atoms with Gasteiger partial charge in [0.15, 0.2) is 6.10 Å². The number of hydrogen-bond donors (Lipinski definition) is 1. The van der Waals surface area contributed by atoms with Crippen LogP contribution in [0, 0.1) is 0 Å². The largest absolute Gasteiger partial charge is 0.472 e. The molecule has 0 saturated heterocycles. The van der Waals surface area contributed by atoms with E-state index in [1.165, 1.54) is 83.5 Å². The van der Waals surface area contributed by atoms with Crippen LogP contribution >= 0.6 is 7.82 Å². The van der Waals surface area contributed by atoms with Gasteiger partial charge in [-0.15, -0.1) is 0 Å². The standard InChI is InChI=1S/C51H90NO8P/c1-5-7-9-11-13-15-17-19-21-23-25-27-29-31-33-35-37-39-41-43-50(53)57-47-49(48-59-61(55,56)58-46-45-52(3)4)60-51(54)44-42-40-38-36-34-32-30-28-26-24-22-20-18-16-14-12-10-8-6-2/h7,9,13,15,19-22,25,27,31,33,49H,5-6,8,10-12,14,16-18,23-24,26,28-30,32,34-48H2,1-4H3,(H,55,56)/b9-7-,15-13-,21-19-,22-20-,27-25-,33-31-. The van der Waals surface area contributed by atoms with Gasteiger partial charge in [0, 0.05) is 19.4 Å². The Kier molecular flexibility index (Phi) is 43.6. The highest BCUT2D eigenvalue weighted by Gasteiger charge is 2.26. The van der Waals surface area contributed by atoms with Crippen LogP contribution in [0.25, 0.3) is 0 Å². The predicted octanol–water partition coefficient (Wildman–Crippen LogP) is 14.4. The number of likely N-dealkylation sites (N-methyl/N-ethyl adjacent to an activating group) is 1. The van der Waals surface area contributed by atoms with E-state index in [0.717, 1.165) is 70.6 Å². The molecule has 0 rings (SSSR count). The summed E-state index contributed by atoms with van der Waals surface area (Å²) in [6, 6.07) is 0. The monoisotopic (exact) mass is 876 g/mol. The van der Waals surface area contributed by atoms with Crippen LogP contribution in [0.1, 0.15) is 194 Å². The van der Waals surface area contributed by atoms with E-state index in [1.54, 1.807) is 0 Å². The van der Waals surface area contributed by atoms with Crippen molar-refractivity contribution in [3.63, 3.8) is 0 Å². The number of rotatable bonds is 44. The van der Waals surface area contributed by atoms with Crippen LogP contribution in [-0.4, -0.2) is 68.3 Å². The summed E-state index contributed by atoms with van der Waals surface area (Å²) in [5, 5.41) is 0. The lowest BCUT2D eigenvalue weighted by atomic mass is 10.1. The Bertz CT molecular complexity index is 1240. The van der Waals surface area contributed by atoms with E-state index >= 15 is 0 Å². The van der Waals surface area contributed by atoms with Gasteiger partial charge in [0.1, 0.15) is 6.61 Å². The fourth-order valence-corrected chi connectivity index (χ4v) is 7.04. The van der Waals surface area contributed by atoms with Crippen molar-refractivity contribution in [1.29, 1.82) is 0 Å². The third-order valence-corrected chi connectivity index (χ3v) is 11.0. The van der Waals surface area contributed by atoms with E-state index in [4.69, 9.17) is 18.5 Å². The number of esters is 2. The minimum atomic E-state index is -4.38. The zero-order valence-corrected chi connectivity index (χ0v) is 40.2. The maximum Gasteiger partial charge on any atom is 0.472 e. The molecule has 61 heavy (non-hydrogen) atoms. The van der Waals surface area contributed by atoms with E-state index in [1.807, 2.05) is 19.0 Å². The first kappa shape index (κ1) is 58.5. The van der Waals surface area contributed by atoms with Crippen LogP contribution < -0.4 is 0 Å². The molecule has 0 heterocycles. The summed E-state index contributed by atoms with van der Waals surface area (Å²) in [7, 11) is -0.735. The Morgan fingerprint density at radius 3 is 1.43 bits per heavy atom. The average Bonchev–Trinajstić information content (AvgIpc) is 3.23. The fourth-order valence-electron chi connectivity index (χ4n) is 6.30. The van der Waals surface area contributed by atoms with Crippen LogP contribution in [-0.2, 0) is 32.7 Å². The molecule has 0 spiro atoms. The molecule has 0 aliphatic carbocycles. The van der Waals surface area contributed by atoms with E-state index in [0.29, 0.717) is 19.4 Å². The fraction of sp³-hybridized carbons (Fsp3) is 0.725. The Morgan fingerprint density at radius 2 is 0.934 bits per heavy atom. The van der Waals surface area contributed by atoms with Gasteiger partial charge in [0.2, 0.25) is 0 Å². The molecule has 352 valence electrons. The van der Waals surface area contributed by atoms with Crippen molar-refractivity contribution in [2.45, 2.75) is 200 Å². The van der Waals surface area contributed by atoms with Crippen LogP contribution in [0.5, 0.6) is 0 Å². The predicted molar refractivity (Wildman–Crippen MR) is 257 cm³/mol. The van der Waals surface area contributed by atoms with E-state index in [-0.39, 0.29) is 26.1 Å². The van der Waals surface area contributed by atoms with Crippen molar-refractivity contribution < 1.29 is 37.6 Å². The molecule has 0 aromatic rings. The van der Waals surface area contributed by atoms with Gasteiger partial charge in [-0.2, -0.15) is 0 Å². The molecule has 0 fully saturated rings. The molecule has 1 N–H and O–H groups in total. The lowest BCUT2D eigenvalue weighted by molar-refractivity contribution is -0.161. The van der Waals surface area contributed by atoms with Crippen LogP contribution in [0.3, 0.4) is 0 Å². The number of carbonyl (C=O) groups excluding carboxylic acids is 2. The van der Waals surface area contributed by atoms with Crippen LogP contribution in [0.4, 0.5) is 0 Å². The van der Waals surface area contributed by atoms with E-state index in [9.17, 15) is 19.0 Å². The van der Waals surface area contributed by atoms with Gasteiger partial charge >= 0.3 is 19.8 Å². The highest BCUT2D eigenvalue weighted by Crippen LogP contribution is 2.43. The summed E-state index contributed by atoms with van der Waals surface area (Å²) in [6.45, 7) is 4.17. The maximum atomic E-state index is 12.7.